The Morgan fingerprint density at radius 2 is 1.18 bits per heavy atom. The van der Waals surface area contributed by atoms with Crippen molar-refractivity contribution in [1.82, 2.24) is 0 Å². The molecule has 2 heteroatoms. The van der Waals surface area contributed by atoms with E-state index in [4.69, 9.17) is 0 Å². The standard InChI is InChI=1S/C9H18O2/c1-5-6(2)8(10)4-9(11)7(5)3/h5-11H,4H2,1-3H3. The van der Waals surface area contributed by atoms with E-state index in [1.165, 1.54) is 0 Å². The first-order valence-corrected chi connectivity index (χ1v) is 4.40. The topological polar surface area (TPSA) is 40.5 Å². The van der Waals surface area contributed by atoms with E-state index >= 15 is 0 Å². The summed E-state index contributed by atoms with van der Waals surface area (Å²) in [5, 5.41) is 19.0. The predicted octanol–water partition coefficient (Wildman–Crippen LogP) is 1.02. The third kappa shape index (κ3) is 1.57. The smallest absolute Gasteiger partial charge is 0.0593 e. The van der Waals surface area contributed by atoms with Crippen molar-refractivity contribution in [3.8, 4) is 0 Å². The minimum absolute atomic E-state index is 0.309. The van der Waals surface area contributed by atoms with Gasteiger partial charge in [-0.3, -0.25) is 0 Å². The Bertz CT molecular complexity index is 122. The van der Waals surface area contributed by atoms with Crippen LogP contribution in [0.4, 0.5) is 0 Å². The Morgan fingerprint density at radius 1 is 0.818 bits per heavy atom. The Morgan fingerprint density at radius 3 is 1.55 bits per heavy atom. The predicted molar refractivity (Wildman–Crippen MR) is 44.1 cm³/mol. The van der Waals surface area contributed by atoms with Crippen molar-refractivity contribution in [2.75, 3.05) is 0 Å². The van der Waals surface area contributed by atoms with Crippen LogP contribution in [0.15, 0.2) is 0 Å². The lowest BCUT2D eigenvalue weighted by Crippen LogP contribution is -2.42. The maximum absolute atomic E-state index is 9.48. The average molecular weight is 158 g/mol. The molecular formula is C9H18O2. The molecule has 1 aliphatic rings. The van der Waals surface area contributed by atoms with Crippen LogP contribution in [-0.4, -0.2) is 22.4 Å². The lowest BCUT2D eigenvalue weighted by Gasteiger charge is -2.39. The van der Waals surface area contributed by atoms with Crippen LogP contribution in [0.25, 0.3) is 0 Å². The SMILES string of the molecule is CC1C(O)CC(O)C(C)C1C. The summed E-state index contributed by atoms with van der Waals surface area (Å²) in [7, 11) is 0. The minimum Gasteiger partial charge on any atom is -0.393 e. The highest BCUT2D eigenvalue weighted by atomic mass is 16.3. The fourth-order valence-corrected chi connectivity index (χ4v) is 1.86. The molecular weight excluding hydrogens is 140 g/mol. The molecule has 4 atom stereocenters. The maximum Gasteiger partial charge on any atom is 0.0593 e. The van der Waals surface area contributed by atoms with Crippen molar-refractivity contribution in [3.63, 3.8) is 0 Å². The number of aliphatic hydroxyl groups is 2. The average Bonchev–Trinajstić information content (AvgIpc) is 1.97. The fraction of sp³-hybridized carbons (Fsp3) is 1.00. The number of hydrogen-bond acceptors (Lipinski definition) is 2. The number of hydrogen-bond donors (Lipinski definition) is 2. The highest BCUT2D eigenvalue weighted by Crippen LogP contribution is 2.34. The van der Waals surface area contributed by atoms with Crippen LogP contribution >= 0.6 is 0 Å². The molecule has 1 aliphatic carbocycles. The maximum atomic E-state index is 9.48. The van der Waals surface area contributed by atoms with Gasteiger partial charge < -0.3 is 10.2 Å². The molecule has 2 nitrogen and oxygen atoms in total. The van der Waals surface area contributed by atoms with Gasteiger partial charge in [0.2, 0.25) is 0 Å². The van der Waals surface area contributed by atoms with Gasteiger partial charge in [-0.2, -0.15) is 0 Å². The zero-order valence-corrected chi connectivity index (χ0v) is 7.49. The number of aliphatic hydroxyl groups excluding tert-OH is 2. The molecule has 66 valence electrons. The van der Waals surface area contributed by atoms with Crippen LogP contribution in [0.1, 0.15) is 27.2 Å². The fourth-order valence-electron chi connectivity index (χ4n) is 1.86. The molecule has 0 spiro atoms. The normalized spacial score (nSPS) is 52.6. The highest BCUT2D eigenvalue weighted by molar-refractivity contribution is 4.85. The molecule has 1 saturated carbocycles. The minimum atomic E-state index is -0.309. The van der Waals surface area contributed by atoms with Crippen molar-refractivity contribution < 1.29 is 10.2 Å². The third-order valence-corrected chi connectivity index (χ3v) is 3.36. The van der Waals surface area contributed by atoms with Crippen molar-refractivity contribution in [3.05, 3.63) is 0 Å². The molecule has 2 N–H and O–H groups in total. The summed E-state index contributed by atoms with van der Waals surface area (Å²) >= 11 is 0. The molecule has 11 heavy (non-hydrogen) atoms. The second-order valence-corrected chi connectivity index (χ2v) is 3.95. The van der Waals surface area contributed by atoms with Crippen LogP contribution in [0, 0.1) is 17.8 Å². The Kier molecular flexibility index (Phi) is 2.55. The molecule has 0 aromatic carbocycles. The first kappa shape index (κ1) is 9.01. The van der Waals surface area contributed by atoms with Gasteiger partial charge in [-0.25, -0.2) is 0 Å². The van der Waals surface area contributed by atoms with Gasteiger partial charge in [0.25, 0.3) is 0 Å². The van der Waals surface area contributed by atoms with E-state index in [1.807, 2.05) is 0 Å². The Balaban J connectivity index is 2.63. The summed E-state index contributed by atoms with van der Waals surface area (Å²) in [5.41, 5.74) is 0. The van der Waals surface area contributed by atoms with E-state index in [0.29, 0.717) is 24.2 Å². The zero-order valence-electron chi connectivity index (χ0n) is 7.49. The first-order chi connectivity index (χ1) is 5.04. The number of rotatable bonds is 0. The molecule has 0 radical (unpaired) electrons. The van der Waals surface area contributed by atoms with Crippen molar-refractivity contribution in [2.45, 2.75) is 39.4 Å². The van der Waals surface area contributed by atoms with Crippen LogP contribution in [0.5, 0.6) is 0 Å². The second kappa shape index (κ2) is 3.11. The molecule has 1 fully saturated rings. The summed E-state index contributed by atoms with van der Waals surface area (Å²) < 4.78 is 0. The van der Waals surface area contributed by atoms with Crippen LogP contribution in [0.2, 0.25) is 0 Å². The molecule has 0 heterocycles. The van der Waals surface area contributed by atoms with Crippen LogP contribution < -0.4 is 0 Å². The molecule has 0 bridgehead atoms. The Labute approximate surface area is 68.2 Å². The van der Waals surface area contributed by atoms with Gasteiger partial charge in [0.1, 0.15) is 0 Å². The van der Waals surface area contributed by atoms with Crippen molar-refractivity contribution in [1.29, 1.82) is 0 Å². The molecule has 0 aromatic rings. The monoisotopic (exact) mass is 158 g/mol. The van der Waals surface area contributed by atoms with E-state index in [0.717, 1.165) is 0 Å². The lowest BCUT2D eigenvalue weighted by molar-refractivity contribution is -0.0558. The quantitative estimate of drug-likeness (QED) is 0.552. The summed E-state index contributed by atoms with van der Waals surface area (Å²) in [4.78, 5) is 0. The molecule has 1 rings (SSSR count). The van der Waals surface area contributed by atoms with Crippen LogP contribution in [-0.2, 0) is 0 Å². The Hall–Kier alpha value is -0.0800. The van der Waals surface area contributed by atoms with Crippen molar-refractivity contribution in [2.24, 2.45) is 17.8 Å². The molecule has 4 unspecified atom stereocenters. The van der Waals surface area contributed by atoms with Crippen LogP contribution in [0.3, 0.4) is 0 Å². The van der Waals surface area contributed by atoms with Gasteiger partial charge in [-0.1, -0.05) is 20.8 Å². The summed E-state index contributed by atoms with van der Waals surface area (Å²) in [6.07, 6.45) is -0.0699. The summed E-state index contributed by atoms with van der Waals surface area (Å²) in [6, 6.07) is 0. The first-order valence-electron chi connectivity index (χ1n) is 4.40. The van der Waals surface area contributed by atoms with E-state index in [9.17, 15) is 10.2 Å². The van der Waals surface area contributed by atoms with Gasteiger partial charge in [0, 0.05) is 0 Å². The van der Waals surface area contributed by atoms with E-state index in [-0.39, 0.29) is 12.2 Å². The van der Waals surface area contributed by atoms with E-state index in [1.54, 1.807) is 0 Å². The zero-order chi connectivity index (χ0) is 8.59. The van der Waals surface area contributed by atoms with Gasteiger partial charge in [-0.05, 0) is 24.2 Å². The largest absolute Gasteiger partial charge is 0.393 e. The lowest BCUT2D eigenvalue weighted by atomic mass is 9.71. The van der Waals surface area contributed by atoms with Gasteiger partial charge in [0.15, 0.2) is 0 Å². The third-order valence-electron chi connectivity index (χ3n) is 3.36. The van der Waals surface area contributed by atoms with E-state index < -0.39 is 0 Å². The van der Waals surface area contributed by atoms with Crippen molar-refractivity contribution >= 4 is 0 Å². The van der Waals surface area contributed by atoms with Gasteiger partial charge >= 0.3 is 0 Å². The molecule has 0 amide bonds. The van der Waals surface area contributed by atoms with Gasteiger partial charge in [0.05, 0.1) is 12.2 Å². The summed E-state index contributed by atoms with van der Waals surface area (Å²) in [6.45, 7) is 6.20. The summed E-state index contributed by atoms with van der Waals surface area (Å²) in [5.74, 6) is 1.08. The van der Waals surface area contributed by atoms with Gasteiger partial charge in [-0.15, -0.1) is 0 Å². The second-order valence-electron chi connectivity index (χ2n) is 3.95. The molecule has 0 aromatic heterocycles. The highest BCUT2D eigenvalue weighted by Gasteiger charge is 2.35. The molecule has 0 saturated heterocycles. The molecule has 0 aliphatic heterocycles. The van der Waals surface area contributed by atoms with E-state index in [2.05, 4.69) is 20.8 Å².